The maximum Gasteiger partial charge on any atom is 0.315 e. The van der Waals surface area contributed by atoms with Crippen molar-refractivity contribution in [3.8, 4) is 0 Å². The van der Waals surface area contributed by atoms with Crippen molar-refractivity contribution in [2.45, 2.75) is 72.6 Å². The number of Topliss-reactive ketones (excluding diaryl/α,β-unsaturated/α-hetero) is 1. The number of pyridine rings is 1. The fraction of sp³-hybridized carbons (Fsp3) is 0.586. The molecule has 4 N–H and O–H groups in total. The van der Waals surface area contributed by atoms with Crippen molar-refractivity contribution in [2.75, 3.05) is 19.6 Å². The van der Waals surface area contributed by atoms with Crippen LogP contribution >= 0.6 is 0 Å². The van der Waals surface area contributed by atoms with Crippen molar-refractivity contribution in [3.05, 3.63) is 47.4 Å². The molecule has 1 fully saturated rings. The maximum absolute atomic E-state index is 13.8. The fourth-order valence-corrected chi connectivity index (χ4v) is 4.57. The Balaban J connectivity index is 2.13. The van der Waals surface area contributed by atoms with Gasteiger partial charge in [-0.05, 0) is 29.7 Å². The van der Waals surface area contributed by atoms with Crippen molar-refractivity contribution in [1.29, 1.82) is 0 Å². The minimum absolute atomic E-state index is 0.00485. The first-order valence-corrected chi connectivity index (χ1v) is 13.9. The standard InChI is InChI=1S/C29H44N6O6/c1-8-12-30-26(39)22(36)15-31-25(38)21-14-19(4)16-35(21)27(40)24(29(5,6)7)33-28(41)32-20(18(2)3)17-34-13-10-9-11-23(34)37/h8-11,13,18-21,24H,1,12,14-17H2,2-7H3,(H,30,39)(H,31,38)(H2,32,33,41)/t19-,20-,21+,24-/m1/s1. The maximum atomic E-state index is 13.8. The van der Waals surface area contributed by atoms with E-state index in [4.69, 9.17) is 0 Å². The number of urea groups is 1. The summed E-state index contributed by atoms with van der Waals surface area (Å²) in [6, 6.07) is 2.05. The summed E-state index contributed by atoms with van der Waals surface area (Å²) < 4.78 is 1.51. The first kappa shape index (κ1) is 33.2. The number of aromatic nitrogens is 1. The number of amides is 5. The molecule has 2 rings (SSSR count). The highest BCUT2D eigenvalue weighted by atomic mass is 16.2. The highest BCUT2D eigenvalue weighted by Crippen LogP contribution is 2.28. The molecule has 12 heteroatoms. The van der Waals surface area contributed by atoms with Gasteiger partial charge in [0.25, 0.3) is 11.5 Å². The zero-order chi connectivity index (χ0) is 30.9. The number of hydrogen-bond donors (Lipinski definition) is 4. The van der Waals surface area contributed by atoms with Crippen LogP contribution in [-0.2, 0) is 25.7 Å². The van der Waals surface area contributed by atoms with Gasteiger partial charge in [-0.25, -0.2) is 4.79 Å². The Morgan fingerprint density at radius 1 is 1.10 bits per heavy atom. The molecule has 0 aromatic carbocycles. The van der Waals surface area contributed by atoms with E-state index in [1.807, 2.05) is 41.5 Å². The first-order chi connectivity index (χ1) is 19.1. The van der Waals surface area contributed by atoms with Gasteiger partial charge in [-0.15, -0.1) is 6.58 Å². The molecular formula is C29H44N6O6. The summed E-state index contributed by atoms with van der Waals surface area (Å²) in [6.07, 6.45) is 3.46. The third-order valence-electron chi connectivity index (χ3n) is 6.98. The second-order valence-electron chi connectivity index (χ2n) is 11.9. The van der Waals surface area contributed by atoms with Crippen molar-refractivity contribution < 1.29 is 24.0 Å². The molecule has 2 heterocycles. The quantitative estimate of drug-likeness (QED) is 0.214. The predicted molar refractivity (Wildman–Crippen MR) is 155 cm³/mol. The van der Waals surface area contributed by atoms with Gasteiger partial charge in [-0.1, -0.05) is 53.7 Å². The normalized spacial score (nSPS) is 18.3. The van der Waals surface area contributed by atoms with Crippen LogP contribution in [-0.4, -0.2) is 76.8 Å². The summed E-state index contributed by atoms with van der Waals surface area (Å²) in [5, 5.41) is 10.5. The van der Waals surface area contributed by atoms with Crippen LogP contribution < -0.4 is 26.8 Å². The Kier molecular flexibility index (Phi) is 11.8. The highest BCUT2D eigenvalue weighted by Gasteiger charge is 2.44. The number of carbonyl (C=O) groups excluding carboxylic acids is 5. The van der Waals surface area contributed by atoms with Gasteiger partial charge in [0, 0.05) is 31.9 Å². The van der Waals surface area contributed by atoms with E-state index in [-0.39, 0.29) is 30.5 Å². The number of nitrogens with one attached hydrogen (secondary N) is 4. The largest absolute Gasteiger partial charge is 0.347 e. The molecule has 5 amide bonds. The van der Waals surface area contributed by atoms with Crippen LogP contribution in [0.1, 0.15) is 48.0 Å². The molecule has 1 saturated heterocycles. The first-order valence-electron chi connectivity index (χ1n) is 13.9. The monoisotopic (exact) mass is 572 g/mol. The van der Waals surface area contributed by atoms with E-state index >= 15 is 0 Å². The molecule has 1 aliphatic rings. The van der Waals surface area contributed by atoms with Crippen LogP contribution in [0.4, 0.5) is 4.79 Å². The third kappa shape index (κ3) is 9.58. The molecule has 0 radical (unpaired) electrons. The molecule has 1 aromatic rings. The van der Waals surface area contributed by atoms with Crippen LogP contribution in [0.25, 0.3) is 0 Å². The molecule has 1 aliphatic heterocycles. The van der Waals surface area contributed by atoms with Gasteiger partial charge in [-0.2, -0.15) is 0 Å². The number of hydrogen-bond acceptors (Lipinski definition) is 6. The minimum Gasteiger partial charge on any atom is -0.347 e. The molecule has 4 atom stereocenters. The van der Waals surface area contributed by atoms with E-state index in [0.717, 1.165) is 0 Å². The van der Waals surface area contributed by atoms with Crippen molar-refractivity contribution in [2.24, 2.45) is 17.3 Å². The van der Waals surface area contributed by atoms with Crippen LogP contribution in [0.15, 0.2) is 41.8 Å². The van der Waals surface area contributed by atoms with Gasteiger partial charge in [-0.3, -0.25) is 24.0 Å². The third-order valence-corrected chi connectivity index (χ3v) is 6.98. The van der Waals surface area contributed by atoms with Crippen LogP contribution in [0.5, 0.6) is 0 Å². The van der Waals surface area contributed by atoms with Crippen LogP contribution in [0, 0.1) is 17.3 Å². The van der Waals surface area contributed by atoms with Gasteiger partial charge in [0.1, 0.15) is 12.1 Å². The molecule has 0 spiro atoms. The van der Waals surface area contributed by atoms with E-state index in [2.05, 4.69) is 27.8 Å². The molecule has 41 heavy (non-hydrogen) atoms. The summed E-state index contributed by atoms with van der Waals surface area (Å²) in [6.45, 7) is 14.8. The van der Waals surface area contributed by atoms with E-state index in [9.17, 15) is 28.8 Å². The lowest BCUT2D eigenvalue weighted by Gasteiger charge is -2.36. The Hall–Kier alpha value is -3.96. The summed E-state index contributed by atoms with van der Waals surface area (Å²) in [5.41, 5.74) is -0.890. The lowest BCUT2D eigenvalue weighted by atomic mass is 9.85. The number of ketones is 1. The van der Waals surface area contributed by atoms with E-state index in [1.54, 1.807) is 18.3 Å². The van der Waals surface area contributed by atoms with Crippen molar-refractivity contribution in [1.82, 2.24) is 30.7 Å². The van der Waals surface area contributed by atoms with E-state index in [1.165, 1.54) is 21.6 Å². The van der Waals surface area contributed by atoms with Crippen molar-refractivity contribution >= 4 is 29.5 Å². The number of carbonyl (C=O) groups is 5. The Morgan fingerprint density at radius 3 is 2.37 bits per heavy atom. The number of likely N-dealkylation sites (tertiary alicyclic amines) is 1. The molecule has 1 aromatic heterocycles. The summed E-state index contributed by atoms with van der Waals surface area (Å²) in [5.74, 6) is -2.62. The molecule has 0 saturated carbocycles. The number of rotatable bonds is 12. The second kappa shape index (κ2) is 14.6. The summed E-state index contributed by atoms with van der Waals surface area (Å²) >= 11 is 0. The lowest BCUT2D eigenvalue weighted by Crippen LogP contribution is -2.60. The SMILES string of the molecule is C=CCNC(=O)C(=O)CNC(=O)[C@@H]1C[C@@H](C)CN1C(=O)[C@@H](NC(=O)N[C@H](Cn1ccccc1=O)C(C)C)C(C)(C)C. The van der Waals surface area contributed by atoms with Gasteiger partial charge < -0.3 is 30.7 Å². The summed E-state index contributed by atoms with van der Waals surface area (Å²) in [7, 11) is 0. The van der Waals surface area contributed by atoms with Crippen LogP contribution in [0.3, 0.4) is 0 Å². The molecule has 0 bridgehead atoms. The summed E-state index contributed by atoms with van der Waals surface area (Å²) in [4.78, 5) is 77.5. The fourth-order valence-electron chi connectivity index (χ4n) is 4.57. The Morgan fingerprint density at radius 2 is 1.78 bits per heavy atom. The number of nitrogens with zero attached hydrogens (tertiary/aromatic N) is 2. The van der Waals surface area contributed by atoms with Crippen LogP contribution in [0.2, 0.25) is 0 Å². The smallest absolute Gasteiger partial charge is 0.315 e. The van der Waals surface area contributed by atoms with Gasteiger partial charge in [0.2, 0.25) is 17.6 Å². The Labute approximate surface area is 241 Å². The van der Waals surface area contributed by atoms with Gasteiger partial charge in [0.15, 0.2) is 0 Å². The molecular weight excluding hydrogens is 528 g/mol. The zero-order valence-corrected chi connectivity index (χ0v) is 24.9. The molecule has 226 valence electrons. The second-order valence-corrected chi connectivity index (χ2v) is 11.9. The lowest BCUT2D eigenvalue weighted by molar-refractivity contribution is -0.142. The average molecular weight is 573 g/mol. The minimum atomic E-state index is -0.971. The van der Waals surface area contributed by atoms with Gasteiger partial charge in [0.05, 0.1) is 12.6 Å². The molecule has 0 unspecified atom stereocenters. The topological polar surface area (TPSA) is 159 Å². The average Bonchev–Trinajstić information content (AvgIpc) is 3.30. The van der Waals surface area contributed by atoms with E-state index in [0.29, 0.717) is 13.0 Å². The Bertz CT molecular complexity index is 1190. The molecule has 0 aliphatic carbocycles. The zero-order valence-electron chi connectivity index (χ0n) is 24.9. The van der Waals surface area contributed by atoms with Crippen molar-refractivity contribution in [3.63, 3.8) is 0 Å². The van der Waals surface area contributed by atoms with E-state index < -0.39 is 59.6 Å². The molecule has 12 nitrogen and oxygen atoms in total. The predicted octanol–water partition coefficient (Wildman–Crippen LogP) is 0.811. The van der Waals surface area contributed by atoms with Gasteiger partial charge >= 0.3 is 6.03 Å². The highest BCUT2D eigenvalue weighted by molar-refractivity contribution is 6.37.